The van der Waals surface area contributed by atoms with Gasteiger partial charge in [-0.3, -0.25) is 4.79 Å². The van der Waals surface area contributed by atoms with Gasteiger partial charge in [0.05, 0.1) is 12.5 Å². The van der Waals surface area contributed by atoms with Crippen molar-refractivity contribution in [2.75, 3.05) is 13.6 Å². The second-order valence-corrected chi connectivity index (χ2v) is 3.93. The summed E-state index contributed by atoms with van der Waals surface area (Å²) in [6.45, 7) is 1.93. The van der Waals surface area contributed by atoms with Crippen LogP contribution in [0.5, 0.6) is 0 Å². The largest absolute Gasteiger partial charge is 0.392 e. The van der Waals surface area contributed by atoms with Gasteiger partial charge in [-0.25, -0.2) is 4.39 Å². The number of hydrogen-bond acceptors (Lipinski definition) is 2. The smallest absolute Gasteiger partial charge is 0.226 e. The number of carbonyl (C=O) groups is 1. The van der Waals surface area contributed by atoms with Gasteiger partial charge in [0.15, 0.2) is 0 Å². The Morgan fingerprint density at radius 1 is 1.44 bits per heavy atom. The highest BCUT2D eigenvalue weighted by Crippen LogP contribution is 2.05. The quantitative estimate of drug-likeness (QED) is 0.836. The number of aliphatic hydroxyl groups is 1. The lowest BCUT2D eigenvalue weighted by Crippen LogP contribution is -2.34. The Hall–Kier alpha value is -1.42. The van der Waals surface area contributed by atoms with E-state index in [-0.39, 0.29) is 18.1 Å². The second kappa shape index (κ2) is 5.61. The molecule has 1 aromatic rings. The molecule has 0 saturated heterocycles. The van der Waals surface area contributed by atoms with Gasteiger partial charge in [-0.1, -0.05) is 12.1 Å². The number of aliphatic hydroxyl groups excluding tert-OH is 1. The number of carbonyl (C=O) groups excluding carboxylic acids is 1. The van der Waals surface area contributed by atoms with E-state index in [9.17, 15) is 9.18 Å². The van der Waals surface area contributed by atoms with Gasteiger partial charge in [0.2, 0.25) is 5.91 Å². The SMILES string of the molecule is CC(O)CN(C)C(=O)Cc1ccc(F)cc1. The molecule has 0 aliphatic heterocycles. The van der Waals surface area contributed by atoms with Gasteiger partial charge in [-0.15, -0.1) is 0 Å². The van der Waals surface area contributed by atoms with Crippen LogP contribution in [0.25, 0.3) is 0 Å². The normalized spacial score (nSPS) is 12.2. The van der Waals surface area contributed by atoms with E-state index in [2.05, 4.69) is 0 Å². The second-order valence-electron chi connectivity index (χ2n) is 3.93. The van der Waals surface area contributed by atoms with Crippen LogP contribution in [-0.2, 0) is 11.2 Å². The van der Waals surface area contributed by atoms with E-state index in [0.29, 0.717) is 6.54 Å². The summed E-state index contributed by atoms with van der Waals surface area (Å²) in [7, 11) is 1.64. The van der Waals surface area contributed by atoms with Crippen molar-refractivity contribution in [3.05, 3.63) is 35.6 Å². The topological polar surface area (TPSA) is 40.5 Å². The first-order chi connectivity index (χ1) is 7.49. The molecule has 3 nitrogen and oxygen atoms in total. The van der Waals surface area contributed by atoms with E-state index in [1.54, 1.807) is 26.1 Å². The highest BCUT2D eigenvalue weighted by molar-refractivity contribution is 5.78. The maximum Gasteiger partial charge on any atom is 0.226 e. The van der Waals surface area contributed by atoms with Gasteiger partial charge in [0, 0.05) is 13.6 Å². The van der Waals surface area contributed by atoms with Crippen LogP contribution < -0.4 is 0 Å². The summed E-state index contributed by atoms with van der Waals surface area (Å²) in [6.07, 6.45) is -0.314. The van der Waals surface area contributed by atoms with Crippen LogP contribution in [0.3, 0.4) is 0 Å². The molecule has 0 aliphatic rings. The molecule has 1 rings (SSSR count). The van der Waals surface area contributed by atoms with Crippen LogP contribution >= 0.6 is 0 Å². The molecular formula is C12H16FNO2. The summed E-state index contributed by atoms with van der Waals surface area (Å²) in [5.74, 6) is -0.402. The summed E-state index contributed by atoms with van der Waals surface area (Å²) >= 11 is 0. The Kier molecular flexibility index (Phi) is 4.43. The van der Waals surface area contributed by atoms with E-state index in [1.165, 1.54) is 17.0 Å². The molecule has 1 aromatic carbocycles. The van der Waals surface area contributed by atoms with Crippen LogP contribution in [0, 0.1) is 5.82 Å². The number of nitrogens with zero attached hydrogens (tertiary/aromatic N) is 1. The Morgan fingerprint density at radius 3 is 2.50 bits per heavy atom. The molecule has 1 unspecified atom stereocenters. The van der Waals surface area contributed by atoms with Gasteiger partial charge < -0.3 is 10.0 Å². The molecule has 0 aromatic heterocycles. The summed E-state index contributed by atoms with van der Waals surface area (Å²) in [5, 5.41) is 9.13. The minimum atomic E-state index is -0.540. The maximum absolute atomic E-state index is 12.6. The number of amides is 1. The van der Waals surface area contributed by atoms with Crippen LogP contribution in [0.1, 0.15) is 12.5 Å². The molecule has 16 heavy (non-hydrogen) atoms. The average molecular weight is 225 g/mol. The molecule has 0 saturated carbocycles. The van der Waals surface area contributed by atoms with Crippen LogP contribution in [-0.4, -0.2) is 35.6 Å². The number of hydrogen-bond donors (Lipinski definition) is 1. The lowest BCUT2D eigenvalue weighted by Gasteiger charge is -2.18. The molecule has 88 valence electrons. The van der Waals surface area contributed by atoms with Gasteiger partial charge in [0.1, 0.15) is 5.82 Å². The third-order valence-corrected chi connectivity index (χ3v) is 2.23. The number of halogens is 1. The van der Waals surface area contributed by atoms with Crippen molar-refractivity contribution in [1.29, 1.82) is 0 Å². The molecular weight excluding hydrogens is 209 g/mol. The van der Waals surface area contributed by atoms with Gasteiger partial charge >= 0.3 is 0 Å². The van der Waals surface area contributed by atoms with E-state index in [1.807, 2.05) is 0 Å². The van der Waals surface area contributed by atoms with E-state index in [4.69, 9.17) is 5.11 Å². The average Bonchev–Trinajstić information content (AvgIpc) is 2.20. The van der Waals surface area contributed by atoms with Gasteiger partial charge in [-0.2, -0.15) is 0 Å². The van der Waals surface area contributed by atoms with E-state index in [0.717, 1.165) is 5.56 Å². The number of benzene rings is 1. The van der Waals surface area contributed by atoms with Crippen molar-refractivity contribution < 1.29 is 14.3 Å². The summed E-state index contributed by atoms with van der Waals surface area (Å²) < 4.78 is 12.6. The van der Waals surface area contributed by atoms with Gasteiger partial charge in [-0.05, 0) is 24.6 Å². The minimum Gasteiger partial charge on any atom is -0.392 e. The molecule has 0 bridgehead atoms. The fraction of sp³-hybridized carbons (Fsp3) is 0.417. The molecule has 0 heterocycles. The highest BCUT2D eigenvalue weighted by Gasteiger charge is 2.11. The number of rotatable bonds is 4. The molecule has 0 radical (unpaired) electrons. The standard InChI is InChI=1S/C12H16FNO2/c1-9(15)8-14(2)12(16)7-10-3-5-11(13)6-4-10/h3-6,9,15H,7-8H2,1-2H3. The zero-order chi connectivity index (χ0) is 12.1. The minimum absolute atomic E-state index is 0.0903. The fourth-order valence-corrected chi connectivity index (χ4v) is 1.41. The first-order valence-electron chi connectivity index (χ1n) is 5.15. The molecule has 4 heteroatoms. The van der Waals surface area contributed by atoms with Crippen molar-refractivity contribution in [3.63, 3.8) is 0 Å². The lowest BCUT2D eigenvalue weighted by atomic mass is 10.1. The predicted octanol–water partition coefficient (Wildman–Crippen LogP) is 1.21. The fourth-order valence-electron chi connectivity index (χ4n) is 1.41. The van der Waals surface area contributed by atoms with Crippen molar-refractivity contribution in [1.82, 2.24) is 4.90 Å². The first kappa shape index (κ1) is 12.6. The van der Waals surface area contributed by atoms with Gasteiger partial charge in [0.25, 0.3) is 0 Å². The monoisotopic (exact) mass is 225 g/mol. The maximum atomic E-state index is 12.6. The third-order valence-electron chi connectivity index (χ3n) is 2.23. The molecule has 0 fully saturated rings. The Balaban J connectivity index is 2.54. The highest BCUT2D eigenvalue weighted by atomic mass is 19.1. The molecule has 1 N–H and O–H groups in total. The van der Waals surface area contributed by atoms with Crippen molar-refractivity contribution in [2.24, 2.45) is 0 Å². The van der Waals surface area contributed by atoms with Crippen LogP contribution in [0.4, 0.5) is 4.39 Å². The lowest BCUT2D eigenvalue weighted by molar-refractivity contribution is -0.130. The molecule has 0 spiro atoms. The number of likely N-dealkylation sites (N-methyl/N-ethyl adjacent to an activating group) is 1. The summed E-state index contributed by atoms with van der Waals surface area (Å²) in [5.41, 5.74) is 0.767. The molecule has 1 amide bonds. The summed E-state index contributed by atoms with van der Waals surface area (Å²) in [4.78, 5) is 13.1. The predicted molar refractivity (Wildman–Crippen MR) is 59.4 cm³/mol. The van der Waals surface area contributed by atoms with Crippen molar-refractivity contribution >= 4 is 5.91 Å². The van der Waals surface area contributed by atoms with E-state index >= 15 is 0 Å². The van der Waals surface area contributed by atoms with Crippen molar-refractivity contribution in [3.8, 4) is 0 Å². The third kappa shape index (κ3) is 3.98. The van der Waals surface area contributed by atoms with Crippen LogP contribution in [0.2, 0.25) is 0 Å². The summed E-state index contributed by atoms with van der Waals surface area (Å²) in [6, 6.07) is 5.83. The molecule has 0 aliphatic carbocycles. The van der Waals surface area contributed by atoms with E-state index < -0.39 is 6.10 Å². The Labute approximate surface area is 94.5 Å². The van der Waals surface area contributed by atoms with Crippen LogP contribution in [0.15, 0.2) is 24.3 Å². The first-order valence-corrected chi connectivity index (χ1v) is 5.15. The molecule has 1 atom stereocenters. The zero-order valence-electron chi connectivity index (χ0n) is 9.48. The zero-order valence-corrected chi connectivity index (χ0v) is 9.48. The Bertz CT molecular complexity index is 349. The van der Waals surface area contributed by atoms with Crippen molar-refractivity contribution in [2.45, 2.75) is 19.4 Å². The Morgan fingerprint density at radius 2 is 2.00 bits per heavy atom.